The summed E-state index contributed by atoms with van der Waals surface area (Å²) in [4.78, 5) is 14.0. The number of nitrogens with one attached hydrogen (secondary N) is 1. The van der Waals surface area contributed by atoms with Crippen LogP contribution in [-0.4, -0.2) is 44.1 Å². The minimum absolute atomic E-state index is 0.0534. The van der Waals surface area contributed by atoms with Crippen LogP contribution in [0, 0.1) is 0 Å². The van der Waals surface area contributed by atoms with Crippen LogP contribution in [0.25, 0.3) is 0 Å². The largest absolute Gasteiger partial charge is 0.353 e. The average Bonchev–Trinajstić information content (AvgIpc) is 3.28. The van der Waals surface area contributed by atoms with Gasteiger partial charge in [-0.25, -0.2) is 4.68 Å². The Hall–Kier alpha value is -2.28. The summed E-state index contributed by atoms with van der Waals surface area (Å²) < 4.78 is 1.91. The molecular formula is C15H18N6O. The number of benzene rings is 1. The number of tetrazole rings is 1. The van der Waals surface area contributed by atoms with Gasteiger partial charge < -0.3 is 5.32 Å². The third kappa shape index (κ3) is 2.59. The first-order chi connectivity index (χ1) is 10.8. The number of hydrogen-bond acceptors (Lipinski definition) is 5. The number of aromatic nitrogens is 4. The predicted molar refractivity (Wildman–Crippen MR) is 78.7 cm³/mol. The van der Waals surface area contributed by atoms with E-state index in [1.165, 1.54) is 5.56 Å². The van der Waals surface area contributed by atoms with Gasteiger partial charge in [0.25, 0.3) is 0 Å². The smallest absolute Gasteiger partial charge is 0.234 e. The van der Waals surface area contributed by atoms with Crippen LogP contribution in [0.3, 0.4) is 0 Å². The van der Waals surface area contributed by atoms with Crippen LogP contribution in [0.1, 0.15) is 36.3 Å². The predicted octanol–water partition coefficient (Wildman–Crippen LogP) is 0.681. The Kier molecular flexibility index (Phi) is 3.34. The Balaban J connectivity index is 1.58. The maximum absolute atomic E-state index is 11.8. The number of carbonyl (C=O) groups excluding carboxylic acids is 1. The number of carbonyl (C=O) groups is 1. The molecule has 2 heterocycles. The minimum atomic E-state index is 0.0534. The highest BCUT2D eigenvalue weighted by atomic mass is 16.2. The summed E-state index contributed by atoms with van der Waals surface area (Å²) in [7, 11) is 0. The second-order valence-corrected chi connectivity index (χ2v) is 5.91. The third-order valence-corrected chi connectivity index (χ3v) is 4.26. The zero-order valence-corrected chi connectivity index (χ0v) is 12.2. The Morgan fingerprint density at radius 1 is 1.23 bits per heavy atom. The van der Waals surface area contributed by atoms with E-state index in [9.17, 15) is 4.79 Å². The lowest BCUT2D eigenvalue weighted by molar-refractivity contribution is -0.126. The van der Waals surface area contributed by atoms with Crippen molar-refractivity contribution in [1.82, 2.24) is 30.4 Å². The molecule has 1 saturated heterocycles. The number of nitrogens with zero attached hydrogens (tertiary/aromatic N) is 5. The van der Waals surface area contributed by atoms with Gasteiger partial charge in [0.1, 0.15) is 0 Å². The second kappa shape index (κ2) is 5.49. The molecule has 2 aliphatic rings. The molecule has 114 valence electrons. The van der Waals surface area contributed by atoms with E-state index >= 15 is 0 Å². The fraction of sp³-hybridized carbons (Fsp3) is 0.467. The summed E-state index contributed by atoms with van der Waals surface area (Å²) in [6, 6.07) is 10.8. The van der Waals surface area contributed by atoms with Gasteiger partial charge in [0.05, 0.1) is 25.2 Å². The molecule has 1 amide bonds. The highest BCUT2D eigenvalue weighted by molar-refractivity contribution is 5.79. The summed E-state index contributed by atoms with van der Waals surface area (Å²) in [5.41, 5.74) is 1.20. The van der Waals surface area contributed by atoms with Crippen LogP contribution < -0.4 is 5.32 Å². The number of rotatable bonds is 4. The van der Waals surface area contributed by atoms with Crippen molar-refractivity contribution in [1.29, 1.82) is 0 Å². The van der Waals surface area contributed by atoms with Gasteiger partial charge in [-0.05, 0) is 28.8 Å². The van der Waals surface area contributed by atoms with Gasteiger partial charge in [-0.2, -0.15) is 0 Å². The first kappa shape index (κ1) is 13.4. The van der Waals surface area contributed by atoms with Gasteiger partial charge in [-0.1, -0.05) is 30.3 Å². The molecule has 0 spiro atoms. The van der Waals surface area contributed by atoms with Crippen molar-refractivity contribution in [3.05, 3.63) is 41.7 Å². The van der Waals surface area contributed by atoms with Crippen molar-refractivity contribution in [3.63, 3.8) is 0 Å². The monoisotopic (exact) mass is 298 g/mol. The standard InChI is InChI=1S/C15H18N6O/c22-15-10-20(9-14-17-18-19-21(14)12-6-7-12)13(8-16-15)11-4-2-1-3-5-11/h1-5,12-13H,6-10H2,(H,16,22). The first-order valence-corrected chi connectivity index (χ1v) is 7.63. The maximum atomic E-state index is 11.8. The molecule has 7 heteroatoms. The van der Waals surface area contributed by atoms with Crippen LogP contribution in [0.5, 0.6) is 0 Å². The van der Waals surface area contributed by atoms with Gasteiger partial charge in [0.15, 0.2) is 5.82 Å². The molecule has 22 heavy (non-hydrogen) atoms. The van der Waals surface area contributed by atoms with Crippen molar-refractivity contribution >= 4 is 5.91 Å². The molecule has 1 atom stereocenters. The van der Waals surface area contributed by atoms with Crippen molar-refractivity contribution < 1.29 is 4.79 Å². The van der Waals surface area contributed by atoms with Crippen LogP contribution in [0.15, 0.2) is 30.3 Å². The zero-order chi connectivity index (χ0) is 14.9. The second-order valence-electron chi connectivity index (χ2n) is 5.91. The van der Waals surface area contributed by atoms with E-state index in [-0.39, 0.29) is 11.9 Å². The van der Waals surface area contributed by atoms with Crippen molar-refractivity contribution in [2.45, 2.75) is 31.5 Å². The van der Waals surface area contributed by atoms with E-state index < -0.39 is 0 Å². The van der Waals surface area contributed by atoms with E-state index in [0.29, 0.717) is 25.7 Å². The molecule has 1 aliphatic heterocycles. The summed E-state index contributed by atoms with van der Waals surface area (Å²) in [6.07, 6.45) is 2.28. The normalized spacial score (nSPS) is 22.5. The fourth-order valence-electron chi connectivity index (χ4n) is 2.96. The molecule has 1 N–H and O–H groups in total. The van der Waals surface area contributed by atoms with Gasteiger partial charge >= 0.3 is 0 Å². The third-order valence-electron chi connectivity index (χ3n) is 4.26. The summed E-state index contributed by atoms with van der Waals surface area (Å²) >= 11 is 0. The first-order valence-electron chi connectivity index (χ1n) is 7.63. The number of hydrogen-bond donors (Lipinski definition) is 1. The van der Waals surface area contributed by atoms with E-state index in [1.807, 2.05) is 22.9 Å². The quantitative estimate of drug-likeness (QED) is 0.898. The Morgan fingerprint density at radius 3 is 2.82 bits per heavy atom. The van der Waals surface area contributed by atoms with Crippen molar-refractivity contribution in [3.8, 4) is 0 Å². The van der Waals surface area contributed by atoms with Gasteiger partial charge in [-0.3, -0.25) is 9.69 Å². The van der Waals surface area contributed by atoms with Crippen LogP contribution >= 0.6 is 0 Å². The number of amides is 1. The molecule has 1 aromatic heterocycles. The summed E-state index contributed by atoms with van der Waals surface area (Å²) in [5, 5.41) is 15.0. The molecule has 4 rings (SSSR count). The van der Waals surface area contributed by atoms with E-state index in [4.69, 9.17) is 0 Å². The van der Waals surface area contributed by atoms with Gasteiger partial charge in [0, 0.05) is 6.54 Å². The molecule has 2 aromatic rings. The molecule has 7 nitrogen and oxygen atoms in total. The van der Waals surface area contributed by atoms with Gasteiger partial charge in [-0.15, -0.1) is 5.10 Å². The van der Waals surface area contributed by atoms with Gasteiger partial charge in [0.2, 0.25) is 5.91 Å². The molecule has 2 fully saturated rings. The van der Waals surface area contributed by atoms with Crippen LogP contribution in [-0.2, 0) is 11.3 Å². The summed E-state index contributed by atoms with van der Waals surface area (Å²) in [6.45, 7) is 1.58. The minimum Gasteiger partial charge on any atom is -0.353 e. The van der Waals surface area contributed by atoms with E-state index in [0.717, 1.165) is 18.7 Å². The number of piperazine rings is 1. The average molecular weight is 298 g/mol. The van der Waals surface area contributed by atoms with Crippen molar-refractivity contribution in [2.24, 2.45) is 0 Å². The molecule has 1 aliphatic carbocycles. The Morgan fingerprint density at radius 2 is 2.05 bits per heavy atom. The maximum Gasteiger partial charge on any atom is 0.234 e. The Bertz CT molecular complexity index is 666. The molecule has 1 unspecified atom stereocenters. The highest BCUT2D eigenvalue weighted by Gasteiger charge is 2.32. The fourth-order valence-corrected chi connectivity index (χ4v) is 2.96. The van der Waals surface area contributed by atoms with Crippen LogP contribution in [0.4, 0.5) is 0 Å². The van der Waals surface area contributed by atoms with E-state index in [1.54, 1.807) is 0 Å². The molecule has 0 bridgehead atoms. The SMILES string of the molecule is O=C1CN(Cc2nnnn2C2CC2)C(c2ccccc2)CN1. The highest BCUT2D eigenvalue weighted by Crippen LogP contribution is 2.35. The molecule has 1 saturated carbocycles. The summed E-state index contributed by atoms with van der Waals surface area (Å²) in [5.74, 6) is 0.899. The molecular weight excluding hydrogens is 280 g/mol. The lowest BCUT2D eigenvalue weighted by atomic mass is 10.0. The lowest BCUT2D eigenvalue weighted by Gasteiger charge is -2.35. The molecule has 0 radical (unpaired) electrons. The molecule has 1 aromatic carbocycles. The van der Waals surface area contributed by atoms with E-state index in [2.05, 4.69) is 37.9 Å². The lowest BCUT2D eigenvalue weighted by Crippen LogP contribution is -2.49. The van der Waals surface area contributed by atoms with Crippen molar-refractivity contribution in [2.75, 3.05) is 13.1 Å². The topological polar surface area (TPSA) is 75.9 Å². The van der Waals surface area contributed by atoms with Crippen LogP contribution in [0.2, 0.25) is 0 Å². The zero-order valence-electron chi connectivity index (χ0n) is 12.2. The Labute approximate surface area is 128 Å².